The maximum atomic E-state index is 13.4. The molecular formula is C10H13FN2O2. The summed E-state index contributed by atoms with van der Waals surface area (Å²) in [7, 11) is 0. The summed E-state index contributed by atoms with van der Waals surface area (Å²) in [6, 6.07) is 2.94. The summed E-state index contributed by atoms with van der Waals surface area (Å²) in [5, 5.41) is 8.96. The molecule has 1 saturated heterocycles. The molecule has 0 radical (unpaired) electrons. The highest BCUT2D eigenvalue weighted by molar-refractivity contribution is 5.40. The fourth-order valence-electron chi connectivity index (χ4n) is 1.63. The Morgan fingerprint density at radius 2 is 2.53 bits per heavy atom. The van der Waals surface area contributed by atoms with Crippen LogP contribution in [-0.2, 0) is 4.74 Å². The zero-order chi connectivity index (χ0) is 10.7. The third-order valence-corrected chi connectivity index (χ3v) is 2.38. The van der Waals surface area contributed by atoms with Crippen molar-refractivity contribution in [1.82, 2.24) is 4.98 Å². The lowest BCUT2D eigenvalue weighted by molar-refractivity contribution is 0.00319. The molecule has 2 heterocycles. The van der Waals surface area contributed by atoms with Gasteiger partial charge in [0.25, 0.3) is 0 Å². The van der Waals surface area contributed by atoms with E-state index in [9.17, 15) is 4.39 Å². The van der Waals surface area contributed by atoms with Gasteiger partial charge in [-0.25, -0.2) is 9.37 Å². The maximum Gasteiger partial charge on any atom is 0.165 e. The number of hydrogen-bond acceptors (Lipinski definition) is 4. The van der Waals surface area contributed by atoms with Crippen LogP contribution in [0, 0.1) is 5.82 Å². The number of morpholine rings is 1. The van der Waals surface area contributed by atoms with Crippen molar-refractivity contribution in [2.24, 2.45) is 0 Å². The second-order valence-electron chi connectivity index (χ2n) is 3.43. The quantitative estimate of drug-likeness (QED) is 0.771. The van der Waals surface area contributed by atoms with Crippen molar-refractivity contribution < 1.29 is 14.2 Å². The summed E-state index contributed by atoms with van der Waals surface area (Å²) in [6.45, 7) is 1.51. The van der Waals surface area contributed by atoms with Crippen LogP contribution < -0.4 is 4.90 Å². The fraction of sp³-hybridized carbons (Fsp3) is 0.500. The molecule has 1 aliphatic heterocycles. The number of anilines is 1. The summed E-state index contributed by atoms with van der Waals surface area (Å²) in [5.74, 6) is -0.00432. The molecule has 0 aliphatic carbocycles. The van der Waals surface area contributed by atoms with Crippen molar-refractivity contribution in [3.63, 3.8) is 0 Å². The van der Waals surface area contributed by atoms with E-state index in [1.54, 1.807) is 17.2 Å². The van der Waals surface area contributed by atoms with Crippen LogP contribution in [0.2, 0.25) is 0 Å². The number of rotatable bonds is 2. The van der Waals surface area contributed by atoms with Gasteiger partial charge in [0.15, 0.2) is 11.6 Å². The summed E-state index contributed by atoms with van der Waals surface area (Å²) >= 11 is 0. The Hall–Kier alpha value is -1.20. The Morgan fingerprint density at radius 3 is 3.27 bits per heavy atom. The van der Waals surface area contributed by atoms with E-state index in [1.807, 2.05) is 0 Å². The van der Waals surface area contributed by atoms with Gasteiger partial charge in [-0.3, -0.25) is 0 Å². The van der Waals surface area contributed by atoms with Crippen molar-refractivity contribution in [1.29, 1.82) is 0 Å². The fourth-order valence-corrected chi connectivity index (χ4v) is 1.63. The van der Waals surface area contributed by atoms with Gasteiger partial charge in [-0.2, -0.15) is 0 Å². The molecule has 1 unspecified atom stereocenters. The molecule has 1 fully saturated rings. The van der Waals surface area contributed by atoms with Crippen LogP contribution in [0.4, 0.5) is 10.2 Å². The van der Waals surface area contributed by atoms with Crippen LogP contribution in [0.5, 0.6) is 0 Å². The van der Waals surface area contributed by atoms with E-state index < -0.39 is 0 Å². The molecule has 0 bridgehead atoms. The lowest BCUT2D eigenvalue weighted by Crippen LogP contribution is -2.44. The Balaban J connectivity index is 2.13. The molecule has 0 amide bonds. The minimum atomic E-state index is -0.337. The van der Waals surface area contributed by atoms with Gasteiger partial charge in [-0.15, -0.1) is 0 Å². The van der Waals surface area contributed by atoms with Gasteiger partial charge in [0, 0.05) is 19.3 Å². The third kappa shape index (κ3) is 2.24. The number of aliphatic hydroxyl groups excluding tert-OH is 1. The van der Waals surface area contributed by atoms with E-state index in [-0.39, 0.29) is 18.5 Å². The minimum Gasteiger partial charge on any atom is -0.394 e. The minimum absolute atomic E-state index is 0.0506. The average molecular weight is 212 g/mol. The Labute approximate surface area is 87.3 Å². The van der Waals surface area contributed by atoms with Gasteiger partial charge < -0.3 is 14.7 Å². The van der Waals surface area contributed by atoms with Crippen molar-refractivity contribution in [3.05, 3.63) is 24.1 Å². The van der Waals surface area contributed by atoms with Crippen molar-refractivity contribution >= 4 is 5.82 Å². The predicted octanol–water partition coefficient (Wildman–Crippen LogP) is 0.418. The first-order valence-corrected chi connectivity index (χ1v) is 4.89. The third-order valence-electron chi connectivity index (χ3n) is 2.38. The van der Waals surface area contributed by atoms with Crippen LogP contribution >= 0.6 is 0 Å². The smallest absolute Gasteiger partial charge is 0.165 e. The molecule has 82 valence electrons. The topological polar surface area (TPSA) is 45.6 Å². The first kappa shape index (κ1) is 10.3. The van der Waals surface area contributed by atoms with E-state index in [1.165, 1.54) is 6.07 Å². The van der Waals surface area contributed by atoms with Crippen LogP contribution in [0.25, 0.3) is 0 Å². The van der Waals surface area contributed by atoms with Gasteiger partial charge in [0.1, 0.15) is 0 Å². The summed E-state index contributed by atoms with van der Waals surface area (Å²) in [5.41, 5.74) is 0. The molecular weight excluding hydrogens is 199 g/mol. The maximum absolute atomic E-state index is 13.4. The molecule has 1 aliphatic rings. The second kappa shape index (κ2) is 4.55. The molecule has 0 aromatic carbocycles. The number of hydrogen-bond donors (Lipinski definition) is 1. The first-order valence-electron chi connectivity index (χ1n) is 4.89. The lowest BCUT2D eigenvalue weighted by atomic mass is 10.2. The van der Waals surface area contributed by atoms with Gasteiger partial charge in [-0.1, -0.05) is 0 Å². The van der Waals surface area contributed by atoms with Crippen molar-refractivity contribution in [2.75, 3.05) is 31.2 Å². The molecule has 5 heteroatoms. The van der Waals surface area contributed by atoms with E-state index in [4.69, 9.17) is 9.84 Å². The first-order chi connectivity index (χ1) is 7.31. The normalized spacial score (nSPS) is 21.7. The standard InChI is InChI=1S/C10H13FN2O2/c11-9-2-1-3-12-10(9)13-4-5-15-8(6-13)7-14/h1-3,8,14H,4-7H2. The van der Waals surface area contributed by atoms with Crippen LogP contribution in [0.15, 0.2) is 18.3 Å². The summed E-state index contributed by atoms with van der Waals surface area (Å²) in [6.07, 6.45) is 1.31. The monoisotopic (exact) mass is 212 g/mol. The molecule has 4 nitrogen and oxygen atoms in total. The molecule has 0 spiro atoms. The summed E-state index contributed by atoms with van der Waals surface area (Å²) < 4.78 is 18.7. The largest absolute Gasteiger partial charge is 0.394 e. The lowest BCUT2D eigenvalue weighted by Gasteiger charge is -2.32. The molecule has 2 rings (SSSR count). The number of ether oxygens (including phenoxy) is 1. The SMILES string of the molecule is OCC1CN(c2ncccc2F)CCO1. The number of aromatic nitrogens is 1. The highest BCUT2D eigenvalue weighted by atomic mass is 19.1. The van der Waals surface area contributed by atoms with E-state index >= 15 is 0 Å². The zero-order valence-corrected chi connectivity index (χ0v) is 8.27. The number of nitrogens with zero attached hydrogens (tertiary/aromatic N) is 2. The van der Waals surface area contributed by atoms with Crippen molar-refractivity contribution in [2.45, 2.75) is 6.10 Å². The van der Waals surface area contributed by atoms with Gasteiger partial charge in [-0.05, 0) is 12.1 Å². The van der Waals surface area contributed by atoms with Crippen molar-refractivity contribution in [3.8, 4) is 0 Å². The molecule has 1 atom stereocenters. The van der Waals surface area contributed by atoms with Gasteiger partial charge >= 0.3 is 0 Å². The van der Waals surface area contributed by atoms with Crippen LogP contribution in [0.1, 0.15) is 0 Å². The number of halogens is 1. The van der Waals surface area contributed by atoms with Crippen LogP contribution in [0.3, 0.4) is 0 Å². The van der Waals surface area contributed by atoms with Gasteiger partial charge in [0.05, 0.1) is 19.3 Å². The summed E-state index contributed by atoms with van der Waals surface area (Å²) in [4.78, 5) is 5.78. The number of aliphatic hydroxyl groups is 1. The highest BCUT2D eigenvalue weighted by Crippen LogP contribution is 2.17. The molecule has 1 aromatic rings. The van der Waals surface area contributed by atoms with Gasteiger partial charge in [0.2, 0.25) is 0 Å². The number of pyridine rings is 1. The molecule has 1 aromatic heterocycles. The predicted molar refractivity (Wildman–Crippen MR) is 53.2 cm³/mol. The molecule has 1 N–H and O–H groups in total. The Kier molecular flexibility index (Phi) is 3.13. The highest BCUT2D eigenvalue weighted by Gasteiger charge is 2.22. The zero-order valence-electron chi connectivity index (χ0n) is 8.27. The van der Waals surface area contributed by atoms with E-state index in [0.29, 0.717) is 25.5 Å². The Bertz CT molecular complexity index is 335. The van der Waals surface area contributed by atoms with E-state index in [0.717, 1.165) is 0 Å². The Morgan fingerprint density at radius 1 is 1.67 bits per heavy atom. The molecule has 15 heavy (non-hydrogen) atoms. The van der Waals surface area contributed by atoms with E-state index in [2.05, 4.69) is 4.98 Å². The van der Waals surface area contributed by atoms with Crippen LogP contribution in [-0.4, -0.2) is 42.5 Å². The molecule has 0 saturated carbocycles. The average Bonchev–Trinajstić information content (AvgIpc) is 2.30. The second-order valence-corrected chi connectivity index (χ2v) is 3.43.